The fraction of sp³-hybridized carbons (Fsp3) is 0.588. The fourth-order valence-electron chi connectivity index (χ4n) is 3.21. The first kappa shape index (κ1) is 15.8. The molecule has 4 nitrogen and oxygen atoms in total. The van der Waals surface area contributed by atoms with Crippen molar-refractivity contribution in [2.75, 3.05) is 18.5 Å². The molecule has 2 N–H and O–H groups in total. The van der Waals surface area contributed by atoms with Crippen molar-refractivity contribution in [3.63, 3.8) is 0 Å². The van der Waals surface area contributed by atoms with Crippen LogP contribution >= 0.6 is 0 Å². The lowest BCUT2D eigenvalue weighted by Crippen LogP contribution is -2.52. The van der Waals surface area contributed by atoms with Crippen molar-refractivity contribution in [2.45, 2.75) is 51.6 Å². The molecule has 0 radical (unpaired) electrons. The maximum absolute atomic E-state index is 11.5. The van der Waals surface area contributed by atoms with Gasteiger partial charge >= 0.3 is 5.97 Å². The molecule has 1 aliphatic heterocycles. The van der Waals surface area contributed by atoms with Crippen molar-refractivity contribution >= 4 is 11.7 Å². The number of hydrogen-bond donors (Lipinski definition) is 2. The molecule has 2 unspecified atom stereocenters. The number of aryl methyl sites for hydroxylation is 2. The van der Waals surface area contributed by atoms with Crippen molar-refractivity contribution in [3.05, 3.63) is 29.3 Å². The van der Waals surface area contributed by atoms with Gasteiger partial charge in [-0.1, -0.05) is 17.7 Å². The minimum absolute atomic E-state index is 0.181. The van der Waals surface area contributed by atoms with E-state index in [4.69, 9.17) is 0 Å². The standard InChI is InChI=1S/C17H26N2O2/c1-12-7-8-15-14(10-12)6-5-9-19(15)13(2)11-17(3,18-4)16(20)21/h7-8,10,13,18H,5-6,9,11H2,1-4H3,(H,20,21). The Bertz CT molecular complexity index is 530. The van der Waals surface area contributed by atoms with Gasteiger partial charge in [0, 0.05) is 18.3 Å². The van der Waals surface area contributed by atoms with Gasteiger partial charge in [-0.2, -0.15) is 0 Å². The zero-order valence-corrected chi connectivity index (χ0v) is 13.4. The number of anilines is 1. The molecule has 0 aromatic heterocycles. The fourth-order valence-corrected chi connectivity index (χ4v) is 3.21. The van der Waals surface area contributed by atoms with E-state index in [1.807, 2.05) is 0 Å². The molecular weight excluding hydrogens is 264 g/mol. The van der Waals surface area contributed by atoms with Crippen molar-refractivity contribution in [1.82, 2.24) is 5.32 Å². The molecule has 0 spiro atoms. The average Bonchev–Trinajstić information content (AvgIpc) is 2.45. The molecule has 116 valence electrons. The Kier molecular flexibility index (Phi) is 4.57. The van der Waals surface area contributed by atoms with Gasteiger partial charge in [-0.25, -0.2) is 0 Å². The smallest absolute Gasteiger partial charge is 0.323 e. The number of hydrogen-bond acceptors (Lipinski definition) is 3. The van der Waals surface area contributed by atoms with Gasteiger partial charge in [0.1, 0.15) is 5.54 Å². The summed E-state index contributed by atoms with van der Waals surface area (Å²) in [6, 6.07) is 6.75. The number of carbonyl (C=O) groups is 1. The summed E-state index contributed by atoms with van der Waals surface area (Å²) < 4.78 is 0. The van der Waals surface area contributed by atoms with Crippen molar-refractivity contribution in [1.29, 1.82) is 0 Å². The molecule has 0 saturated heterocycles. The minimum Gasteiger partial charge on any atom is -0.480 e. The highest BCUT2D eigenvalue weighted by Gasteiger charge is 2.35. The van der Waals surface area contributed by atoms with Gasteiger partial charge < -0.3 is 15.3 Å². The number of nitrogens with one attached hydrogen (secondary N) is 1. The van der Waals surface area contributed by atoms with Crippen LogP contribution in [-0.4, -0.2) is 36.2 Å². The summed E-state index contributed by atoms with van der Waals surface area (Å²) in [6.45, 7) is 6.99. The summed E-state index contributed by atoms with van der Waals surface area (Å²) in [6.07, 6.45) is 2.82. The summed E-state index contributed by atoms with van der Waals surface area (Å²) in [4.78, 5) is 13.8. The molecule has 0 aliphatic carbocycles. The van der Waals surface area contributed by atoms with Gasteiger partial charge in [0.15, 0.2) is 0 Å². The topological polar surface area (TPSA) is 52.6 Å². The van der Waals surface area contributed by atoms with Crippen LogP contribution in [-0.2, 0) is 11.2 Å². The van der Waals surface area contributed by atoms with Gasteiger partial charge in [0.25, 0.3) is 0 Å². The quantitative estimate of drug-likeness (QED) is 0.875. The van der Waals surface area contributed by atoms with Crippen molar-refractivity contribution < 1.29 is 9.90 Å². The second kappa shape index (κ2) is 6.06. The molecule has 2 rings (SSSR count). The van der Waals surface area contributed by atoms with Gasteiger partial charge in [-0.05, 0) is 58.7 Å². The van der Waals surface area contributed by atoms with Crippen LogP contribution in [0.15, 0.2) is 18.2 Å². The third kappa shape index (κ3) is 3.21. The summed E-state index contributed by atoms with van der Waals surface area (Å²) in [5, 5.41) is 12.4. The summed E-state index contributed by atoms with van der Waals surface area (Å²) in [5.41, 5.74) is 3.05. The van der Waals surface area contributed by atoms with Crippen LogP contribution in [0.2, 0.25) is 0 Å². The lowest BCUT2D eigenvalue weighted by molar-refractivity contribution is -0.144. The molecule has 2 atom stereocenters. The number of rotatable bonds is 5. The van der Waals surface area contributed by atoms with Crippen molar-refractivity contribution in [2.24, 2.45) is 0 Å². The number of likely N-dealkylation sites (N-methyl/N-ethyl adjacent to an activating group) is 1. The molecule has 0 amide bonds. The van der Waals surface area contributed by atoms with Crippen LogP contribution in [0.25, 0.3) is 0 Å². The Hall–Kier alpha value is -1.55. The second-order valence-corrected chi connectivity index (χ2v) is 6.37. The third-order valence-electron chi connectivity index (χ3n) is 4.65. The number of benzene rings is 1. The van der Waals surface area contributed by atoms with Crippen LogP contribution in [0.1, 0.15) is 37.8 Å². The number of aliphatic carboxylic acids is 1. The predicted octanol–water partition coefficient (Wildman–Crippen LogP) is 2.59. The van der Waals surface area contributed by atoms with Crippen molar-refractivity contribution in [3.8, 4) is 0 Å². The SMILES string of the molecule is CNC(C)(CC(C)N1CCCc2cc(C)ccc21)C(=O)O. The van der Waals surface area contributed by atoms with E-state index in [1.165, 1.54) is 16.8 Å². The van der Waals surface area contributed by atoms with E-state index >= 15 is 0 Å². The van der Waals surface area contributed by atoms with Crippen LogP contribution in [0.5, 0.6) is 0 Å². The average molecular weight is 290 g/mol. The maximum atomic E-state index is 11.5. The minimum atomic E-state index is -0.887. The Morgan fingerprint density at radius 2 is 2.24 bits per heavy atom. The normalized spacial score (nSPS) is 18.8. The van der Waals surface area contributed by atoms with E-state index in [1.54, 1.807) is 14.0 Å². The van der Waals surface area contributed by atoms with E-state index < -0.39 is 11.5 Å². The van der Waals surface area contributed by atoms with Gasteiger partial charge in [0.2, 0.25) is 0 Å². The molecule has 1 heterocycles. The zero-order valence-electron chi connectivity index (χ0n) is 13.4. The Labute approximate surface area is 127 Å². The number of carboxylic acids is 1. The van der Waals surface area contributed by atoms with E-state index in [2.05, 4.69) is 42.3 Å². The molecule has 0 fully saturated rings. The van der Waals surface area contributed by atoms with Crippen LogP contribution < -0.4 is 10.2 Å². The van der Waals surface area contributed by atoms with E-state index in [0.717, 1.165) is 19.4 Å². The molecule has 21 heavy (non-hydrogen) atoms. The number of nitrogens with zero attached hydrogens (tertiary/aromatic N) is 1. The molecule has 0 bridgehead atoms. The Morgan fingerprint density at radius 1 is 1.52 bits per heavy atom. The first-order chi connectivity index (χ1) is 9.87. The maximum Gasteiger partial charge on any atom is 0.323 e. The highest BCUT2D eigenvalue weighted by Crippen LogP contribution is 2.31. The molecule has 1 aromatic carbocycles. The van der Waals surface area contributed by atoms with Gasteiger partial charge in [0.05, 0.1) is 0 Å². The van der Waals surface area contributed by atoms with Crippen LogP contribution in [0.3, 0.4) is 0 Å². The monoisotopic (exact) mass is 290 g/mol. The van der Waals surface area contributed by atoms with Crippen LogP contribution in [0.4, 0.5) is 5.69 Å². The number of carboxylic acid groups (broad SMARTS) is 1. The second-order valence-electron chi connectivity index (χ2n) is 6.37. The van der Waals surface area contributed by atoms with Crippen LogP contribution in [0, 0.1) is 6.92 Å². The number of fused-ring (bicyclic) bond motifs is 1. The van der Waals surface area contributed by atoms with E-state index in [-0.39, 0.29) is 6.04 Å². The first-order valence-electron chi connectivity index (χ1n) is 7.66. The highest BCUT2D eigenvalue weighted by atomic mass is 16.4. The summed E-state index contributed by atoms with van der Waals surface area (Å²) >= 11 is 0. The van der Waals surface area contributed by atoms with Gasteiger partial charge in [-0.3, -0.25) is 4.79 Å². The third-order valence-corrected chi connectivity index (χ3v) is 4.65. The Balaban J connectivity index is 2.22. The first-order valence-corrected chi connectivity index (χ1v) is 7.66. The lowest BCUT2D eigenvalue weighted by Gasteiger charge is -2.39. The highest BCUT2D eigenvalue weighted by molar-refractivity contribution is 5.78. The van der Waals surface area contributed by atoms with E-state index in [9.17, 15) is 9.90 Å². The molecule has 1 aliphatic rings. The van der Waals surface area contributed by atoms with E-state index in [0.29, 0.717) is 6.42 Å². The Morgan fingerprint density at radius 3 is 2.86 bits per heavy atom. The summed E-state index contributed by atoms with van der Waals surface area (Å²) in [5.74, 6) is -0.794. The zero-order chi connectivity index (χ0) is 15.6. The van der Waals surface area contributed by atoms with Gasteiger partial charge in [-0.15, -0.1) is 0 Å². The molecular formula is C17H26N2O2. The molecule has 0 saturated carbocycles. The summed E-state index contributed by atoms with van der Waals surface area (Å²) in [7, 11) is 1.72. The largest absolute Gasteiger partial charge is 0.480 e. The predicted molar refractivity (Wildman–Crippen MR) is 86.0 cm³/mol. The molecule has 1 aromatic rings. The molecule has 4 heteroatoms. The lowest BCUT2D eigenvalue weighted by atomic mass is 9.91.